The van der Waals surface area contributed by atoms with Gasteiger partial charge in [0.25, 0.3) is 0 Å². The van der Waals surface area contributed by atoms with Gasteiger partial charge in [-0.1, -0.05) is 13.8 Å². The molecule has 9 atom stereocenters. The second-order valence-corrected chi connectivity index (χ2v) is 16.4. The average molecular weight is 949 g/mol. The Kier molecular flexibility index (Phi) is 28.6. The number of aliphatic hydroxyl groups is 1. The summed E-state index contributed by atoms with van der Waals surface area (Å²) in [5.41, 5.74) is 27.5. The fourth-order valence-electron chi connectivity index (χ4n) is 5.84. The van der Waals surface area contributed by atoms with Crippen LogP contribution in [-0.4, -0.2) is 160 Å². The number of aliphatic hydroxyl groups excluding tert-OH is 1. The molecule has 2 unspecified atom stereocenters. The number of carbonyl (C=O) groups is 11. The summed E-state index contributed by atoms with van der Waals surface area (Å²) in [5, 5.41) is 45.7. The smallest absolute Gasteiger partial charge is 0.326 e. The molecule has 0 fully saturated rings. The molecule has 0 saturated carbocycles. The topological polar surface area (TPSA) is 463 Å². The zero-order valence-electron chi connectivity index (χ0n) is 37.1. The van der Waals surface area contributed by atoms with Crippen LogP contribution in [0.3, 0.4) is 0 Å². The lowest BCUT2D eigenvalue weighted by atomic mass is 10.0. The second kappa shape index (κ2) is 31.3. The third kappa shape index (κ3) is 23.7. The van der Waals surface area contributed by atoms with Crippen molar-refractivity contribution in [2.24, 2.45) is 34.6 Å². The van der Waals surface area contributed by atoms with Crippen molar-refractivity contribution in [1.82, 2.24) is 37.2 Å². The number of hydrogen-bond acceptors (Lipinski definition) is 16. The Balaban J connectivity index is 6.33. The molecule has 0 aliphatic rings. The van der Waals surface area contributed by atoms with E-state index in [2.05, 4.69) is 37.2 Å². The molecule has 26 nitrogen and oxygen atoms in total. The monoisotopic (exact) mass is 948 g/mol. The number of nitrogens with one attached hydrogen (secondary N) is 7. The summed E-state index contributed by atoms with van der Waals surface area (Å²) in [6, 6.07) is -11.8. The van der Waals surface area contributed by atoms with Gasteiger partial charge in [0, 0.05) is 12.8 Å². The van der Waals surface area contributed by atoms with E-state index >= 15 is 0 Å². The maximum atomic E-state index is 13.8. The van der Waals surface area contributed by atoms with E-state index in [1.807, 2.05) is 0 Å². The van der Waals surface area contributed by atoms with Gasteiger partial charge in [-0.05, 0) is 82.9 Å². The molecule has 0 heterocycles. The molecule has 0 aromatic carbocycles. The minimum Gasteiger partial charge on any atom is -0.481 e. The first-order valence-corrected chi connectivity index (χ1v) is 22.3. The number of rotatable bonds is 34. The van der Waals surface area contributed by atoms with E-state index in [-0.39, 0.29) is 64.5 Å². The predicted octanol–water partition coefficient (Wildman–Crippen LogP) is -5.93. The molecule has 0 saturated heterocycles. The zero-order chi connectivity index (χ0) is 50.0. The Labute approximate surface area is 380 Å². The highest BCUT2D eigenvalue weighted by Gasteiger charge is 2.36. The first-order chi connectivity index (χ1) is 30.4. The number of thioether (sulfide) groups is 1. The normalized spacial score (nSPS) is 15.2. The van der Waals surface area contributed by atoms with E-state index in [4.69, 9.17) is 33.8 Å². The fourth-order valence-corrected chi connectivity index (χ4v) is 6.32. The standard InChI is InChI=1S/C38H68N12O14S/c1-18(2)29(36(61)48-25(17-27(43)53)35(60)45-21(7-5-14-39)32(57)47-24(38(63)64)10-11-26(42)52)49-33(58)22(8-6-15-40)46-37(62)30(19(3)51)50-34(59)23(13-16-65-4)44-31(56)20(41)9-12-28(54)55/h18-25,29-30,51H,5-17,39-41H2,1-4H3,(H2,42,52)(H2,43,53)(H,44,56)(H,45,60)(H,46,62)(H,47,57)(H,48,61)(H,49,58)(H,50,59)(H,54,55)(H,63,64)/t19-,20+,21?,22?,23+,24+,25+,29+,30+/m1/s1. The van der Waals surface area contributed by atoms with Gasteiger partial charge in [-0.2, -0.15) is 11.8 Å². The van der Waals surface area contributed by atoms with Gasteiger partial charge in [-0.15, -0.1) is 0 Å². The lowest BCUT2D eigenvalue weighted by molar-refractivity contribution is -0.143. The van der Waals surface area contributed by atoms with Gasteiger partial charge in [0.05, 0.1) is 18.6 Å². The van der Waals surface area contributed by atoms with Crippen molar-refractivity contribution in [3.05, 3.63) is 0 Å². The van der Waals surface area contributed by atoms with Crippen LogP contribution < -0.4 is 65.9 Å². The van der Waals surface area contributed by atoms with Gasteiger partial charge in [-0.25, -0.2) is 4.79 Å². The van der Waals surface area contributed by atoms with Crippen LogP contribution in [-0.2, 0) is 52.7 Å². The Morgan fingerprint density at radius 3 is 1.40 bits per heavy atom. The SMILES string of the molecule is CSCC[C@H](NC(=O)[C@@H](N)CCC(=O)O)C(=O)N[C@H](C(=O)NC(CCCN)C(=O)N[C@H](C(=O)N[C@@H](CC(N)=O)C(=O)NC(CCCN)C(=O)N[C@@H](CCC(N)=O)C(=O)O)C(C)C)[C@@H](C)O. The molecule has 0 radical (unpaired) electrons. The van der Waals surface area contributed by atoms with E-state index in [1.54, 1.807) is 6.26 Å². The van der Waals surface area contributed by atoms with Crippen molar-refractivity contribution in [2.45, 2.75) is 139 Å². The fraction of sp³-hybridized carbons (Fsp3) is 0.711. The minimum absolute atomic E-state index is 0.0499. The summed E-state index contributed by atoms with van der Waals surface area (Å²) in [4.78, 5) is 140. The van der Waals surface area contributed by atoms with Gasteiger partial charge < -0.3 is 81.2 Å². The third-order valence-electron chi connectivity index (χ3n) is 9.55. The van der Waals surface area contributed by atoms with Gasteiger partial charge >= 0.3 is 11.9 Å². The molecule has 370 valence electrons. The molecule has 65 heavy (non-hydrogen) atoms. The lowest BCUT2D eigenvalue weighted by Gasteiger charge is -2.29. The summed E-state index contributed by atoms with van der Waals surface area (Å²) in [6.07, 6.45) is -1.84. The number of amides is 9. The van der Waals surface area contributed by atoms with Crippen LogP contribution in [0.4, 0.5) is 0 Å². The molecule has 20 N–H and O–H groups in total. The van der Waals surface area contributed by atoms with Gasteiger partial charge in [-0.3, -0.25) is 47.9 Å². The number of carbonyl (C=O) groups excluding carboxylic acids is 9. The Bertz CT molecular complexity index is 1660. The summed E-state index contributed by atoms with van der Waals surface area (Å²) >= 11 is 1.33. The van der Waals surface area contributed by atoms with E-state index in [0.717, 1.165) is 0 Å². The number of aliphatic carboxylic acids is 2. The minimum atomic E-state index is -1.73. The quantitative estimate of drug-likeness (QED) is 0.0286. The highest BCUT2D eigenvalue weighted by Crippen LogP contribution is 2.10. The Hall–Kier alpha value is -5.64. The molecule has 0 aromatic rings. The number of nitrogens with two attached hydrogens (primary N) is 5. The third-order valence-corrected chi connectivity index (χ3v) is 10.2. The van der Waals surface area contributed by atoms with Crippen LogP contribution >= 0.6 is 11.8 Å². The van der Waals surface area contributed by atoms with Crippen LogP contribution in [0, 0.1) is 5.92 Å². The van der Waals surface area contributed by atoms with E-state index < -0.39 is 138 Å². The number of carboxylic acids is 2. The molecule has 0 bridgehead atoms. The predicted molar refractivity (Wildman–Crippen MR) is 234 cm³/mol. The van der Waals surface area contributed by atoms with E-state index in [1.165, 1.54) is 32.5 Å². The van der Waals surface area contributed by atoms with Gasteiger partial charge in [0.15, 0.2) is 0 Å². The second-order valence-electron chi connectivity index (χ2n) is 15.5. The maximum Gasteiger partial charge on any atom is 0.326 e. The summed E-state index contributed by atoms with van der Waals surface area (Å²) < 4.78 is 0. The van der Waals surface area contributed by atoms with Crippen LogP contribution in [0.5, 0.6) is 0 Å². The molecule has 0 rings (SSSR count). The molecular weight excluding hydrogens is 881 g/mol. The average Bonchev–Trinajstić information content (AvgIpc) is 3.22. The van der Waals surface area contributed by atoms with Crippen LogP contribution in [0.1, 0.15) is 85.0 Å². The molecule has 0 aliphatic heterocycles. The van der Waals surface area contributed by atoms with E-state index in [9.17, 15) is 63.0 Å². The molecule has 0 spiro atoms. The van der Waals surface area contributed by atoms with Crippen molar-refractivity contribution >= 4 is 76.9 Å². The summed E-state index contributed by atoms with van der Waals surface area (Å²) in [5.74, 6) is -11.7. The maximum absolute atomic E-state index is 13.8. The number of carboxylic acid groups (broad SMARTS) is 2. The van der Waals surface area contributed by atoms with Crippen LogP contribution in [0.25, 0.3) is 0 Å². The largest absolute Gasteiger partial charge is 0.481 e. The van der Waals surface area contributed by atoms with E-state index in [0.29, 0.717) is 5.75 Å². The van der Waals surface area contributed by atoms with Crippen molar-refractivity contribution in [2.75, 3.05) is 25.1 Å². The summed E-state index contributed by atoms with van der Waals surface area (Å²) in [7, 11) is 0. The Morgan fingerprint density at radius 2 is 0.954 bits per heavy atom. The lowest BCUT2D eigenvalue weighted by Crippen LogP contribution is -2.62. The van der Waals surface area contributed by atoms with Crippen molar-refractivity contribution in [3.8, 4) is 0 Å². The number of hydrogen-bond donors (Lipinski definition) is 15. The van der Waals surface area contributed by atoms with Crippen LogP contribution in [0.2, 0.25) is 0 Å². The van der Waals surface area contributed by atoms with Crippen LogP contribution in [0.15, 0.2) is 0 Å². The molecular formula is C38H68N12O14S. The van der Waals surface area contributed by atoms with Crippen molar-refractivity contribution in [1.29, 1.82) is 0 Å². The summed E-state index contributed by atoms with van der Waals surface area (Å²) in [6.45, 7) is 4.33. The molecule has 0 aliphatic carbocycles. The highest BCUT2D eigenvalue weighted by molar-refractivity contribution is 7.98. The van der Waals surface area contributed by atoms with Gasteiger partial charge in [0.1, 0.15) is 42.3 Å². The molecule has 0 aromatic heterocycles. The van der Waals surface area contributed by atoms with Crippen molar-refractivity contribution in [3.63, 3.8) is 0 Å². The van der Waals surface area contributed by atoms with Crippen molar-refractivity contribution < 1.29 is 68.1 Å². The number of primary amides is 2. The molecule has 9 amide bonds. The first kappa shape index (κ1) is 59.4. The van der Waals surface area contributed by atoms with Gasteiger partial charge in [0.2, 0.25) is 53.2 Å². The highest BCUT2D eigenvalue weighted by atomic mass is 32.2. The Morgan fingerprint density at radius 1 is 0.523 bits per heavy atom. The first-order valence-electron chi connectivity index (χ1n) is 20.9. The molecule has 27 heteroatoms. The zero-order valence-corrected chi connectivity index (χ0v) is 37.9.